The van der Waals surface area contributed by atoms with E-state index < -0.39 is 10.4 Å². The third-order valence-corrected chi connectivity index (χ3v) is 5.37. The van der Waals surface area contributed by atoms with E-state index in [2.05, 4.69) is 25.5 Å². The van der Waals surface area contributed by atoms with Crippen LogP contribution in [0.2, 0.25) is 0 Å². The summed E-state index contributed by atoms with van der Waals surface area (Å²) >= 11 is 0.474. The minimum atomic E-state index is -0.952. The molecule has 0 aliphatic rings. The Hall–Kier alpha value is 0.722. The van der Waals surface area contributed by atoms with Crippen molar-refractivity contribution in [1.82, 2.24) is 0 Å². The van der Waals surface area contributed by atoms with E-state index in [0.29, 0.717) is 14.5 Å². The molecule has 0 saturated carbocycles. The minimum Gasteiger partial charge on any atom is 0 e. The van der Waals surface area contributed by atoms with Crippen LogP contribution in [-0.4, -0.2) is 46.0 Å². The van der Waals surface area contributed by atoms with E-state index in [9.17, 15) is 4.21 Å². The summed E-state index contributed by atoms with van der Waals surface area (Å²) in [5.74, 6) is 0. The second-order valence-corrected chi connectivity index (χ2v) is 7.14. The zero-order valence-corrected chi connectivity index (χ0v) is 16.1. The molecule has 5 heteroatoms. The first-order valence-electron chi connectivity index (χ1n) is 4.07. The van der Waals surface area contributed by atoms with Gasteiger partial charge in [-0.15, -0.1) is 0 Å². The molecule has 0 aliphatic heterocycles. The number of benzene rings is 1. The van der Waals surface area contributed by atoms with Crippen LogP contribution >= 0.6 is 8.44 Å². The van der Waals surface area contributed by atoms with Crippen LogP contribution in [0.1, 0.15) is 0 Å². The van der Waals surface area contributed by atoms with Crippen molar-refractivity contribution in [3.8, 4) is 10.0 Å². The van der Waals surface area contributed by atoms with Gasteiger partial charge in [0.05, 0.1) is 0 Å². The van der Waals surface area contributed by atoms with Crippen molar-refractivity contribution >= 4 is 60.7 Å². The Balaban J connectivity index is 0.00000112. The van der Waals surface area contributed by atoms with Crippen molar-refractivity contribution in [2.45, 2.75) is 4.90 Å². The summed E-state index contributed by atoms with van der Waals surface area (Å²) in [6.07, 6.45) is 0. The van der Waals surface area contributed by atoms with Crippen molar-refractivity contribution in [3.05, 3.63) is 41.3 Å². The first-order valence-corrected chi connectivity index (χ1v) is 8.55. The third-order valence-electron chi connectivity index (χ3n) is 1.89. The fourth-order valence-corrected chi connectivity index (χ4v) is 3.61. The van der Waals surface area contributed by atoms with E-state index in [1.165, 1.54) is 10.0 Å². The molecular weight excluding hydrogens is 482 g/mol. The Kier molecular flexibility index (Phi) is 5.93. The Bertz CT molecular complexity index is 441. The minimum absolute atomic E-state index is 0. The maximum absolute atomic E-state index is 11.1. The molecule has 0 N–H and O–H groups in total. The molecule has 0 spiro atoms. The molecule has 2 unspecified atom stereocenters. The van der Waals surface area contributed by atoms with Gasteiger partial charge in [-0.05, 0) is 0 Å². The van der Waals surface area contributed by atoms with Crippen molar-refractivity contribution in [1.29, 1.82) is 0 Å². The monoisotopic (exact) mass is 493 g/mol. The van der Waals surface area contributed by atoms with E-state index in [1.54, 1.807) is 0 Å². The van der Waals surface area contributed by atoms with Crippen LogP contribution < -0.4 is 0 Å². The molecule has 2 atom stereocenters. The first-order chi connectivity index (χ1) is 6.77. The largest absolute Gasteiger partial charge is 0 e. The predicted molar refractivity (Wildman–Crippen MR) is 70.7 cm³/mol. The molecule has 0 fully saturated rings. The van der Waals surface area contributed by atoms with Gasteiger partial charge in [0.2, 0.25) is 0 Å². The Morgan fingerprint density at radius 1 is 1.13 bits per heavy atom. The van der Waals surface area contributed by atoms with E-state index in [-0.39, 0.29) is 27.3 Å². The topological polar surface area (TPSA) is 17.1 Å². The van der Waals surface area contributed by atoms with Crippen molar-refractivity contribution in [2.75, 3.05) is 0 Å². The smallest absolute Gasteiger partial charge is 0 e. The summed E-state index contributed by atoms with van der Waals surface area (Å²) in [5, 5.41) is 0. The van der Waals surface area contributed by atoms with Crippen LogP contribution in [0.5, 0.6) is 0 Å². The van der Waals surface area contributed by atoms with E-state index in [0.717, 1.165) is 4.90 Å². The second kappa shape index (κ2) is 6.46. The SMILES string of the molecule is O=S(P)c1ccc(-c2ccc[se]2)cc1.[Tl]. The van der Waals surface area contributed by atoms with Gasteiger partial charge in [-0.2, -0.15) is 0 Å². The molecule has 2 rings (SSSR count). The molecule has 0 bridgehead atoms. The third kappa shape index (κ3) is 3.60. The number of hydrogen-bond acceptors (Lipinski definition) is 1. The number of hydrogen-bond donors (Lipinski definition) is 0. The zero-order valence-electron chi connectivity index (χ0n) is 7.92. The molecule has 1 heterocycles. The van der Waals surface area contributed by atoms with E-state index in [1.807, 2.05) is 24.3 Å². The van der Waals surface area contributed by atoms with Crippen LogP contribution in [0.3, 0.4) is 0 Å². The summed E-state index contributed by atoms with van der Waals surface area (Å²) < 4.78 is 12.5. The molecule has 0 aliphatic carbocycles. The van der Waals surface area contributed by atoms with Crippen LogP contribution in [0.15, 0.2) is 46.2 Å². The van der Waals surface area contributed by atoms with Crippen LogP contribution in [-0.2, 0) is 10.4 Å². The predicted octanol–water partition coefficient (Wildman–Crippen LogP) is 1.93. The average Bonchev–Trinajstić information content (AvgIpc) is 2.71. The van der Waals surface area contributed by atoms with Gasteiger partial charge in [0.15, 0.2) is 0 Å². The fraction of sp³-hybridized carbons (Fsp3) is 0. The van der Waals surface area contributed by atoms with Gasteiger partial charge in [-0.3, -0.25) is 0 Å². The van der Waals surface area contributed by atoms with Gasteiger partial charge < -0.3 is 0 Å². The van der Waals surface area contributed by atoms with Crippen LogP contribution in [0.25, 0.3) is 10.0 Å². The number of rotatable bonds is 2. The molecule has 1 radical (unpaired) electrons. The second-order valence-electron chi connectivity index (χ2n) is 2.80. The Morgan fingerprint density at radius 3 is 2.27 bits per heavy atom. The van der Waals surface area contributed by atoms with Gasteiger partial charge in [0, 0.05) is 27.3 Å². The van der Waals surface area contributed by atoms with Gasteiger partial charge in [-0.25, -0.2) is 0 Å². The maximum Gasteiger partial charge on any atom is 0 e. The summed E-state index contributed by atoms with van der Waals surface area (Å²) in [5.41, 5.74) is 1.24. The quantitative estimate of drug-likeness (QED) is 0.464. The Labute approximate surface area is 120 Å². The van der Waals surface area contributed by atoms with Crippen molar-refractivity contribution in [3.63, 3.8) is 0 Å². The molecule has 1 aromatic heterocycles. The average molecular weight is 492 g/mol. The zero-order chi connectivity index (χ0) is 9.97. The molecular formula is C10H9OPSSeTl. The molecule has 2 aromatic rings. The van der Waals surface area contributed by atoms with Gasteiger partial charge in [0.25, 0.3) is 0 Å². The molecule has 75 valence electrons. The molecule has 15 heavy (non-hydrogen) atoms. The van der Waals surface area contributed by atoms with Gasteiger partial charge in [0.1, 0.15) is 0 Å². The van der Waals surface area contributed by atoms with Crippen LogP contribution in [0.4, 0.5) is 0 Å². The van der Waals surface area contributed by atoms with Crippen LogP contribution in [0, 0.1) is 0 Å². The van der Waals surface area contributed by atoms with E-state index in [4.69, 9.17) is 0 Å². The first kappa shape index (κ1) is 13.8. The summed E-state index contributed by atoms with van der Waals surface area (Å²) in [4.78, 5) is 3.06. The molecule has 0 saturated heterocycles. The molecule has 1 nitrogen and oxygen atoms in total. The summed E-state index contributed by atoms with van der Waals surface area (Å²) in [6.45, 7) is 0. The normalized spacial score (nSPS) is 11.8. The van der Waals surface area contributed by atoms with Gasteiger partial charge >= 0.3 is 93.8 Å². The van der Waals surface area contributed by atoms with E-state index >= 15 is 0 Å². The summed E-state index contributed by atoms with van der Waals surface area (Å²) in [6, 6.07) is 12.2. The standard InChI is InChI=1S/C10H9OPSSe.Tl/c11-13(12)9-5-3-8(4-6-9)10-2-1-7-14-10;/h1-7H,12H2;. The maximum atomic E-state index is 11.1. The fourth-order valence-electron chi connectivity index (χ4n) is 1.20. The summed E-state index contributed by atoms with van der Waals surface area (Å²) in [7, 11) is 1.35. The van der Waals surface area contributed by atoms with Crippen molar-refractivity contribution < 1.29 is 4.21 Å². The Morgan fingerprint density at radius 2 is 1.80 bits per heavy atom. The van der Waals surface area contributed by atoms with Crippen molar-refractivity contribution in [2.24, 2.45) is 0 Å². The molecule has 0 amide bonds. The molecule has 1 aromatic carbocycles. The van der Waals surface area contributed by atoms with Gasteiger partial charge in [-0.1, -0.05) is 0 Å².